The number of nitrogens with two attached hydrogens (primary N) is 1. The summed E-state index contributed by atoms with van der Waals surface area (Å²) >= 11 is 5.70. The number of nitrogens with zero attached hydrogens (tertiary/aromatic N) is 1. The molecule has 0 atom stereocenters. The van der Waals surface area contributed by atoms with E-state index in [9.17, 15) is 18.0 Å². The fourth-order valence-electron chi connectivity index (χ4n) is 1.46. The molecule has 1 aromatic rings. The van der Waals surface area contributed by atoms with Crippen LogP contribution in [0.5, 0.6) is 0 Å². The van der Waals surface area contributed by atoms with Crippen molar-refractivity contribution in [1.29, 1.82) is 0 Å². The van der Waals surface area contributed by atoms with E-state index in [1.165, 1.54) is 12.1 Å². The van der Waals surface area contributed by atoms with Gasteiger partial charge in [0.15, 0.2) is 0 Å². The van der Waals surface area contributed by atoms with E-state index in [-0.39, 0.29) is 35.9 Å². The van der Waals surface area contributed by atoms with Crippen molar-refractivity contribution in [3.63, 3.8) is 0 Å². The van der Waals surface area contributed by atoms with Crippen molar-refractivity contribution in [2.45, 2.75) is 25.4 Å². The Kier molecular flexibility index (Phi) is 6.03. The molecule has 1 rings (SSSR count). The van der Waals surface area contributed by atoms with Gasteiger partial charge in [-0.15, -0.1) is 0 Å². The normalized spacial score (nSPS) is 11.2. The van der Waals surface area contributed by atoms with Crippen molar-refractivity contribution in [1.82, 2.24) is 10.3 Å². The van der Waals surface area contributed by atoms with Crippen molar-refractivity contribution in [2.75, 3.05) is 12.0 Å². The second-order valence-electron chi connectivity index (χ2n) is 4.04. The Bertz CT molecular complexity index is 467. The minimum Gasteiger partial charge on any atom is -0.352 e. The monoisotopic (exact) mass is 310 g/mol. The van der Waals surface area contributed by atoms with Gasteiger partial charge in [0.2, 0.25) is 0 Å². The van der Waals surface area contributed by atoms with Gasteiger partial charge in [-0.3, -0.25) is 4.79 Å². The van der Waals surface area contributed by atoms with Gasteiger partial charge in [0.05, 0.1) is 0 Å². The molecule has 0 bridgehead atoms. The number of amides is 1. The number of anilines is 1. The van der Waals surface area contributed by atoms with Gasteiger partial charge in [-0.25, -0.2) is 10.8 Å². The lowest BCUT2D eigenvalue weighted by molar-refractivity contribution is -0.135. The van der Waals surface area contributed by atoms with E-state index in [0.29, 0.717) is 0 Å². The number of carbonyl (C=O) groups excluding carboxylic acids is 1. The first-order valence-corrected chi connectivity index (χ1v) is 6.19. The van der Waals surface area contributed by atoms with Crippen LogP contribution in [0.15, 0.2) is 12.1 Å². The molecule has 0 saturated heterocycles. The van der Waals surface area contributed by atoms with Crippen LogP contribution in [-0.2, 0) is 0 Å². The summed E-state index contributed by atoms with van der Waals surface area (Å²) in [4.78, 5) is 15.5. The predicted molar refractivity (Wildman–Crippen MR) is 69.3 cm³/mol. The minimum absolute atomic E-state index is 0.0313. The second kappa shape index (κ2) is 7.30. The van der Waals surface area contributed by atoms with Gasteiger partial charge in [0, 0.05) is 18.5 Å². The average Bonchev–Trinajstić information content (AvgIpc) is 2.36. The second-order valence-corrected chi connectivity index (χ2v) is 4.42. The van der Waals surface area contributed by atoms with E-state index in [4.69, 9.17) is 17.4 Å². The summed E-state index contributed by atoms with van der Waals surface area (Å²) in [6, 6.07) is 2.73. The van der Waals surface area contributed by atoms with Crippen LogP contribution in [0.3, 0.4) is 0 Å². The van der Waals surface area contributed by atoms with Crippen LogP contribution in [0.1, 0.15) is 29.6 Å². The molecule has 0 unspecified atom stereocenters. The van der Waals surface area contributed by atoms with Crippen LogP contribution >= 0.6 is 11.6 Å². The van der Waals surface area contributed by atoms with Crippen molar-refractivity contribution >= 4 is 23.3 Å². The number of nitrogens with one attached hydrogen (secondary N) is 2. The first kappa shape index (κ1) is 16.5. The summed E-state index contributed by atoms with van der Waals surface area (Å²) in [6.07, 6.45) is -4.81. The van der Waals surface area contributed by atoms with Crippen LogP contribution in [0.4, 0.5) is 19.0 Å². The first-order chi connectivity index (χ1) is 9.31. The molecule has 0 saturated carbocycles. The summed E-state index contributed by atoms with van der Waals surface area (Å²) in [5.74, 6) is 4.93. The molecule has 0 spiro atoms. The molecule has 4 N–H and O–H groups in total. The lowest BCUT2D eigenvalue weighted by Gasteiger charge is -2.08. The van der Waals surface area contributed by atoms with E-state index in [1.54, 1.807) is 0 Å². The van der Waals surface area contributed by atoms with Gasteiger partial charge in [-0.2, -0.15) is 13.2 Å². The Labute approximate surface area is 118 Å². The first-order valence-electron chi connectivity index (χ1n) is 5.81. The van der Waals surface area contributed by atoms with E-state index in [1.807, 2.05) is 0 Å². The Morgan fingerprint density at radius 2 is 2.05 bits per heavy atom. The zero-order valence-corrected chi connectivity index (χ0v) is 11.2. The number of unbranched alkanes of at least 4 members (excludes halogenated alkanes) is 1. The van der Waals surface area contributed by atoms with E-state index >= 15 is 0 Å². The average molecular weight is 311 g/mol. The van der Waals surface area contributed by atoms with Crippen LogP contribution in [0, 0.1) is 0 Å². The highest BCUT2D eigenvalue weighted by molar-refractivity contribution is 6.29. The quantitative estimate of drug-likeness (QED) is 0.326. The van der Waals surface area contributed by atoms with Crippen molar-refractivity contribution < 1.29 is 18.0 Å². The number of aromatic nitrogens is 1. The molecule has 0 aliphatic carbocycles. The topological polar surface area (TPSA) is 80.0 Å². The van der Waals surface area contributed by atoms with Crippen molar-refractivity contribution in [3.05, 3.63) is 22.8 Å². The number of pyridine rings is 1. The molecule has 0 aromatic carbocycles. The highest BCUT2D eigenvalue weighted by Gasteiger charge is 2.25. The number of hydrazine groups is 1. The molecule has 9 heteroatoms. The third-order valence-corrected chi connectivity index (χ3v) is 2.57. The third-order valence-electron chi connectivity index (χ3n) is 2.38. The van der Waals surface area contributed by atoms with Crippen LogP contribution in [-0.4, -0.2) is 23.6 Å². The number of carbonyl (C=O) groups is 1. The van der Waals surface area contributed by atoms with Gasteiger partial charge in [0.1, 0.15) is 11.0 Å². The molecule has 5 nitrogen and oxygen atoms in total. The number of halogens is 4. The van der Waals surface area contributed by atoms with Gasteiger partial charge < -0.3 is 10.7 Å². The highest BCUT2D eigenvalue weighted by atomic mass is 35.5. The standard InChI is InChI=1S/C11H14ClF3N4O/c12-8-5-7(6-9(18-8)19-16)10(20)17-4-2-1-3-11(13,14)15/h5-6H,1-4,16H2,(H,17,20)(H,18,19). The molecule has 0 aliphatic rings. The summed E-state index contributed by atoms with van der Waals surface area (Å²) in [7, 11) is 0. The molecule has 0 fully saturated rings. The van der Waals surface area contributed by atoms with Crippen molar-refractivity contribution in [2.24, 2.45) is 5.84 Å². The number of hydrogen-bond acceptors (Lipinski definition) is 4. The third kappa shape index (κ3) is 6.07. The zero-order valence-electron chi connectivity index (χ0n) is 10.4. The van der Waals surface area contributed by atoms with Crippen LogP contribution in [0.25, 0.3) is 0 Å². The molecule has 20 heavy (non-hydrogen) atoms. The van der Waals surface area contributed by atoms with Crippen LogP contribution < -0.4 is 16.6 Å². The minimum atomic E-state index is -4.16. The summed E-state index contributed by atoms with van der Waals surface area (Å²) in [5.41, 5.74) is 2.49. The number of rotatable bonds is 6. The number of alkyl halides is 3. The molecule has 1 heterocycles. The van der Waals surface area contributed by atoms with Gasteiger partial charge in [-0.05, 0) is 25.0 Å². The fourth-order valence-corrected chi connectivity index (χ4v) is 1.66. The molecular formula is C11H14ClF3N4O. The maximum atomic E-state index is 11.9. The largest absolute Gasteiger partial charge is 0.389 e. The number of hydrogen-bond donors (Lipinski definition) is 3. The Morgan fingerprint density at radius 1 is 1.35 bits per heavy atom. The zero-order chi connectivity index (χ0) is 15.2. The lowest BCUT2D eigenvalue weighted by atomic mass is 10.2. The Morgan fingerprint density at radius 3 is 2.65 bits per heavy atom. The molecular weight excluding hydrogens is 297 g/mol. The van der Waals surface area contributed by atoms with Gasteiger partial charge >= 0.3 is 6.18 Å². The molecule has 112 valence electrons. The number of nitrogen functional groups attached to an aromatic ring is 1. The van der Waals surface area contributed by atoms with Crippen molar-refractivity contribution in [3.8, 4) is 0 Å². The van der Waals surface area contributed by atoms with E-state index < -0.39 is 18.5 Å². The Balaban J connectivity index is 2.41. The summed E-state index contributed by atoms with van der Waals surface area (Å²) in [6.45, 7) is 0.153. The van der Waals surface area contributed by atoms with Crippen LogP contribution in [0.2, 0.25) is 5.15 Å². The SMILES string of the molecule is NNc1cc(C(=O)NCCCCC(F)(F)F)cc(Cl)n1. The fraction of sp³-hybridized carbons (Fsp3) is 0.455. The van der Waals surface area contributed by atoms with E-state index in [0.717, 1.165) is 0 Å². The smallest absolute Gasteiger partial charge is 0.352 e. The van der Waals surface area contributed by atoms with Gasteiger partial charge in [-0.1, -0.05) is 11.6 Å². The van der Waals surface area contributed by atoms with E-state index in [2.05, 4.69) is 15.7 Å². The summed E-state index contributed by atoms with van der Waals surface area (Å²) < 4.78 is 35.7. The molecule has 0 radical (unpaired) electrons. The molecule has 1 amide bonds. The van der Waals surface area contributed by atoms with Gasteiger partial charge in [0.25, 0.3) is 5.91 Å². The lowest BCUT2D eigenvalue weighted by Crippen LogP contribution is -2.25. The molecule has 1 aromatic heterocycles. The maximum absolute atomic E-state index is 11.9. The Hall–Kier alpha value is -1.54. The highest BCUT2D eigenvalue weighted by Crippen LogP contribution is 2.21. The predicted octanol–water partition coefficient (Wildman–Crippen LogP) is 2.48. The summed E-state index contributed by atoms with van der Waals surface area (Å²) in [5, 5.41) is 2.59. The maximum Gasteiger partial charge on any atom is 0.389 e. The molecule has 0 aliphatic heterocycles.